The van der Waals surface area contributed by atoms with Gasteiger partial charge in [-0.3, -0.25) is 14.9 Å². The van der Waals surface area contributed by atoms with Gasteiger partial charge in [0, 0.05) is 12.5 Å². The zero-order valence-corrected chi connectivity index (χ0v) is 8.71. The summed E-state index contributed by atoms with van der Waals surface area (Å²) in [4.78, 5) is 24.3. The summed E-state index contributed by atoms with van der Waals surface area (Å²) in [5, 5.41) is 10.5. The maximum Gasteiger partial charge on any atom is 0.287 e. The lowest BCUT2D eigenvalue weighted by Crippen LogP contribution is -2.07. The molecule has 6 nitrogen and oxygen atoms in total. The predicted molar refractivity (Wildman–Crippen MR) is 58.5 cm³/mol. The summed E-state index contributed by atoms with van der Waals surface area (Å²) in [5.74, 6) is -0.434. The Kier molecular flexibility index (Phi) is 3.71. The molecule has 2 N–H and O–H groups in total. The Morgan fingerprint density at radius 2 is 2.38 bits per heavy atom. The zero-order valence-electron chi connectivity index (χ0n) is 8.71. The summed E-state index contributed by atoms with van der Waals surface area (Å²) in [6.45, 7) is 1.71. The fraction of sp³-hybridized carbons (Fsp3) is 0.200. The summed E-state index contributed by atoms with van der Waals surface area (Å²) < 4.78 is 0. The first-order chi connectivity index (χ1) is 7.50. The number of aromatic nitrogens is 1. The van der Waals surface area contributed by atoms with Crippen LogP contribution in [0.5, 0.6) is 0 Å². The van der Waals surface area contributed by atoms with Crippen LogP contribution in [0.15, 0.2) is 18.3 Å². The van der Waals surface area contributed by atoms with Crippen molar-refractivity contribution in [3.63, 3.8) is 0 Å². The second-order valence-corrected chi connectivity index (χ2v) is 3.23. The van der Waals surface area contributed by atoms with Crippen LogP contribution in [0.4, 0.5) is 5.69 Å². The lowest BCUT2D eigenvalue weighted by Gasteiger charge is -1.98. The summed E-state index contributed by atoms with van der Waals surface area (Å²) in [7, 11) is 0. The number of carbonyl (C=O) groups is 1. The number of hydrogen-bond acceptors (Lipinski definition) is 4. The van der Waals surface area contributed by atoms with Gasteiger partial charge in [0.2, 0.25) is 5.91 Å². The van der Waals surface area contributed by atoms with Gasteiger partial charge in [-0.05, 0) is 18.6 Å². The van der Waals surface area contributed by atoms with Gasteiger partial charge in [-0.2, -0.15) is 0 Å². The maximum atomic E-state index is 10.5. The smallest absolute Gasteiger partial charge is 0.287 e. The van der Waals surface area contributed by atoms with E-state index in [1.54, 1.807) is 19.1 Å². The van der Waals surface area contributed by atoms with E-state index < -0.39 is 10.8 Å². The molecule has 0 unspecified atom stereocenters. The standard InChI is InChI=1S/C10H11N3O3/c1-7-5-8(13(15)16)6-12-9(7)3-2-4-10(11)14/h2-3,5-6H,4H2,1H3,(H2,11,14). The highest BCUT2D eigenvalue weighted by atomic mass is 16.6. The molecular formula is C10H11N3O3. The molecule has 0 fully saturated rings. The molecule has 0 saturated carbocycles. The quantitative estimate of drug-likeness (QED) is 0.609. The molecule has 1 rings (SSSR count). The number of amides is 1. The van der Waals surface area contributed by atoms with Gasteiger partial charge in [0.15, 0.2) is 0 Å². The van der Waals surface area contributed by atoms with E-state index in [0.717, 1.165) is 0 Å². The molecule has 0 aromatic carbocycles. The molecule has 1 aromatic rings. The molecule has 0 spiro atoms. The third-order valence-electron chi connectivity index (χ3n) is 1.91. The van der Waals surface area contributed by atoms with Gasteiger partial charge in [-0.15, -0.1) is 0 Å². The van der Waals surface area contributed by atoms with Crippen molar-refractivity contribution in [2.75, 3.05) is 0 Å². The molecule has 1 amide bonds. The van der Waals surface area contributed by atoms with Crippen molar-refractivity contribution in [3.8, 4) is 0 Å². The Labute approximate surface area is 91.9 Å². The number of carbonyl (C=O) groups excluding carboxylic acids is 1. The number of aryl methyl sites for hydroxylation is 1. The van der Waals surface area contributed by atoms with E-state index in [4.69, 9.17) is 5.73 Å². The average molecular weight is 221 g/mol. The van der Waals surface area contributed by atoms with Crippen LogP contribution >= 0.6 is 0 Å². The predicted octanol–water partition coefficient (Wildman–Crippen LogP) is 1.19. The number of nitrogens with two attached hydrogens (primary N) is 1. The van der Waals surface area contributed by atoms with Crippen molar-refractivity contribution in [1.82, 2.24) is 4.98 Å². The van der Waals surface area contributed by atoms with Crippen molar-refractivity contribution < 1.29 is 9.72 Å². The van der Waals surface area contributed by atoms with Crippen molar-refractivity contribution >= 4 is 17.7 Å². The Bertz CT molecular complexity index is 455. The summed E-state index contributed by atoms with van der Waals surface area (Å²) >= 11 is 0. The van der Waals surface area contributed by atoms with Gasteiger partial charge in [0.05, 0.1) is 10.6 Å². The highest BCUT2D eigenvalue weighted by Crippen LogP contribution is 2.15. The number of nitro groups is 1. The molecule has 1 heterocycles. The van der Waals surface area contributed by atoms with Crippen LogP contribution in [0, 0.1) is 17.0 Å². The lowest BCUT2D eigenvalue weighted by atomic mass is 10.2. The fourth-order valence-corrected chi connectivity index (χ4v) is 1.13. The van der Waals surface area contributed by atoms with Crippen LogP contribution in [0.25, 0.3) is 6.08 Å². The second-order valence-electron chi connectivity index (χ2n) is 3.23. The van der Waals surface area contributed by atoms with E-state index >= 15 is 0 Å². The first-order valence-electron chi connectivity index (χ1n) is 4.56. The third-order valence-corrected chi connectivity index (χ3v) is 1.91. The molecule has 16 heavy (non-hydrogen) atoms. The van der Waals surface area contributed by atoms with Crippen LogP contribution in [0.2, 0.25) is 0 Å². The number of hydrogen-bond donors (Lipinski definition) is 1. The van der Waals surface area contributed by atoms with Gasteiger partial charge >= 0.3 is 0 Å². The summed E-state index contributed by atoms with van der Waals surface area (Å²) in [6.07, 6.45) is 4.49. The van der Waals surface area contributed by atoms with Gasteiger partial charge in [0.25, 0.3) is 5.69 Å². The van der Waals surface area contributed by atoms with Gasteiger partial charge in [-0.1, -0.05) is 6.08 Å². The minimum atomic E-state index is -0.503. The highest BCUT2D eigenvalue weighted by Gasteiger charge is 2.07. The van der Waals surface area contributed by atoms with Crippen LogP contribution < -0.4 is 5.73 Å². The first-order valence-corrected chi connectivity index (χ1v) is 4.56. The number of pyridine rings is 1. The molecule has 0 aliphatic rings. The van der Waals surface area contributed by atoms with Crippen LogP contribution in [0.3, 0.4) is 0 Å². The van der Waals surface area contributed by atoms with E-state index in [1.807, 2.05) is 0 Å². The number of primary amides is 1. The molecule has 0 aliphatic heterocycles. The van der Waals surface area contributed by atoms with Gasteiger partial charge in [0.1, 0.15) is 6.20 Å². The van der Waals surface area contributed by atoms with Crippen LogP contribution in [-0.4, -0.2) is 15.8 Å². The highest BCUT2D eigenvalue weighted by molar-refractivity contribution is 5.76. The third kappa shape index (κ3) is 3.16. The molecule has 6 heteroatoms. The fourth-order valence-electron chi connectivity index (χ4n) is 1.13. The second kappa shape index (κ2) is 5.01. The monoisotopic (exact) mass is 221 g/mol. The van der Waals surface area contributed by atoms with E-state index in [0.29, 0.717) is 11.3 Å². The van der Waals surface area contributed by atoms with Crippen molar-refractivity contribution in [1.29, 1.82) is 0 Å². The molecule has 0 bridgehead atoms. The van der Waals surface area contributed by atoms with Gasteiger partial charge in [-0.25, -0.2) is 4.98 Å². The van der Waals surface area contributed by atoms with E-state index in [-0.39, 0.29) is 12.1 Å². The Morgan fingerprint density at radius 1 is 1.69 bits per heavy atom. The molecule has 0 saturated heterocycles. The SMILES string of the molecule is Cc1cc([N+](=O)[O-])cnc1C=CCC(N)=O. The average Bonchev–Trinajstić information content (AvgIpc) is 2.19. The Balaban J connectivity index is 2.87. The minimum absolute atomic E-state index is 0.0513. The molecule has 0 aliphatic carbocycles. The minimum Gasteiger partial charge on any atom is -0.369 e. The lowest BCUT2D eigenvalue weighted by molar-refractivity contribution is -0.385. The molecule has 0 radical (unpaired) electrons. The Morgan fingerprint density at radius 3 is 2.88 bits per heavy atom. The normalized spacial score (nSPS) is 10.6. The van der Waals surface area contributed by atoms with E-state index in [1.165, 1.54) is 12.3 Å². The first kappa shape index (κ1) is 11.8. The zero-order chi connectivity index (χ0) is 12.1. The summed E-state index contributed by atoms with van der Waals surface area (Å²) in [5.41, 5.74) is 6.17. The van der Waals surface area contributed by atoms with Gasteiger partial charge < -0.3 is 5.73 Å². The van der Waals surface area contributed by atoms with Crippen molar-refractivity contribution in [3.05, 3.63) is 39.7 Å². The molecule has 1 aromatic heterocycles. The maximum absolute atomic E-state index is 10.5. The molecule has 84 valence electrons. The van der Waals surface area contributed by atoms with Crippen LogP contribution in [-0.2, 0) is 4.79 Å². The van der Waals surface area contributed by atoms with E-state index in [9.17, 15) is 14.9 Å². The molecule has 0 atom stereocenters. The largest absolute Gasteiger partial charge is 0.369 e. The van der Waals surface area contributed by atoms with Crippen molar-refractivity contribution in [2.24, 2.45) is 5.73 Å². The topological polar surface area (TPSA) is 99.1 Å². The van der Waals surface area contributed by atoms with E-state index in [2.05, 4.69) is 4.98 Å². The number of rotatable bonds is 4. The molecular weight excluding hydrogens is 210 g/mol. The Hall–Kier alpha value is -2.24. The number of nitrogens with zero attached hydrogens (tertiary/aromatic N) is 2. The van der Waals surface area contributed by atoms with Crippen LogP contribution in [0.1, 0.15) is 17.7 Å². The van der Waals surface area contributed by atoms with Crippen molar-refractivity contribution in [2.45, 2.75) is 13.3 Å². The summed E-state index contributed by atoms with van der Waals surface area (Å²) in [6, 6.07) is 1.43.